The first-order chi connectivity index (χ1) is 17.5. The van der Waals surface area contributed by atoms with Crippen LogP contribution in [0.1, 0.15) is 28.0 Å². The van der Waals surface area contributed by atoms with E-state index in [2.05, 4.69) is 28.0 Å². The van der Waals surface area contributed by atoms with Crippen LogP contribution in [-0.4, -0.2) is 63.2 Å². The molecule has 2 aromatic heterocycles. The van der Waals surface area contributed by atoms with Crippen molar-refractivity contribution in [3.8, 4) is 22.6 Å². The number of ether oxygens (including phenoxy) is 1. The van der Waals surface area contributed by atoms with E-state index in [1.807, 2.05) is 30.3 Å². The zero-order valence-electron chi connectivity index (χ0n) is 19.7. The lowest BCUT2D eigenvalue weighted by Gasteiger charge is -2.56. The van der Waals surface area contributed by atoms with Crippen molar-refractivity contribution in [2.45, 2.75) is 36.5 Å². The van der Waals surface area contributed by atoms with Crippen LogP contribution in [0.2, 0.25) is 0 Å². The van der Waals surface area contributed by atoms with Gasteiger partial charge < -0.3 is 24.8 Å². The summed E-state index contributed by atoms with van der Waals surface area (Å²) in [5.41, 5.74) is 5.61. The number of fused-ring (bicyclic) bond motifs is 3. The topological polar surface area (TPSA) is 98.7 Å². The van der Waals surface area contributed by atoms with Crippen molar-refractivity contribution in [3.05, 3.63) is 65.5 Å². The predicted octanol–water partition coefficient (Wildman–Crippen LogP) is 3.71. The van der Waals surface area contributed by atoms with Gasteiger partial charge in [-0.05, 0) is 49.7 Å². The van der Waals surface area contributed by atoms with Crippen LogP contribution in [0.3, 0.4) is 0 Å². The molecule has 4 aliphatic rings. The van der Waals surface area contributed by atoms with Gasteiger partial charge in [0.05, 0.1) is 5.52 Å². The second kappa shape index (κ2) is 6.75. The molecule has 2 aromatic carbocycles. The first-order valence-electron chi connectivity index (χ1n) is 12.5. The van der Waals surface area contributed by atoms with Crippen molar-refractivity contribution in [1.29, 1.82) is 0 Å². The van der Waals surface area contributed by atoms with Crippen LogP contribution in [0.5, 0.6) is 11.5 Å². The largest absolute Gasteiger partial charge is 0.504 e. The van der Waals surface area contributed by atoms with E-state index < -0.39 is 12.2 Å². The number of hydrogen-bond acceptors (Lipinski definition) is 6. The number of hydrogen-bond donors (Lipinski definition) is 3. The molecule has 1 saturated heterocycles. The van der Waals surface area contributed by atoms with E-state index >= 15 is 0 Å². The summed E-state index contributed by atoms with van der Waals surface area (Å²) in [5, 5.41) is 24.2. The fraction of sp³-hybridized carbons (Fsp3) is 0.310. The van der Waals surface area contributed by atoms with E-state index in [-0.39, 0.29) is 23.1 Å². The number of likely N-dealkylation sites (tertiary alicyclic amines) is 1. The predicted molar refractivity (Wildman–Crippen MR) is 136 cm³/mol. The maximum Gasteiger partial charge on any atom is 0.170 e. The summed E-state index contributed by atoms with van der Waals surface area (Å²) in [4.78, 5) is 22.2. The molecule has 7 heteroatoms. The van der Waals surface area contributed by atoms with Crippen LogP contribution in [0.25, 0.3) is 32.9 Å². The van der Waals surface area contributed by atoms with Gasteiger partial charge in [-0.25, -0.2) is 0 Å². The van der Waals surface area contributed by atoms with Gasteiger partial charge in [-0.1, -0.05) is 30.4 Å². The molecule has 2 bridgehead atoms. The highest BCUT2D eigenvalue weighted by molar-refractivity contribution is 6.17. The third kappa shape index (κ3) is 2.26. The number of carbonyl (C=O) groups excluding carboxylic acids is 1. The highest BCUT2D eigenvalue weighted by Crippen LogP contribution is 2.64. The number of aliphatic hydroxyl groups excluding tert-OH is 1. The van der Waals surface area contributed by atoms with Crippen molar-refractivity contribution < 1.29 is 19.7 Å². The molecule has 7 nitrogen and oxygen atoms in total. The van der Waals surface area contributed by atoms with Crippen molar-refractivity contribution in [2.24, 2.45) is 5.92 Å². The van der Waals surface area contributed by atoms with Crippen LogP contribution >= 0.6 is 0 Å². The highest BCUT2D eigenvalue weighted by Gasteiger charge is 2.64. The van der Waals surface area contributed by atoms with E-state index in [9.17, 15) is 15.0 Å². The molecule has 8 rings (SSSR count). The summed E-state index contributed by atoms with van der Waals surface area (Å²) in [6.45, 7) is 0.910. The van der Waals surface area contributed by atoms with E-state index in [0.717, 1.165) is 64.2 Å². The molecule has 4 heterocycles. The van der Waals surface area contributed by atoms with Crippen LogP contribution < -0.4 is 4.74 Å². The monoisotopic (exact) mass is 479 g/mol. The molecular weight excluding hydrogens is 454 g/mol. The zero-order chi connectivity index (χ0) is 24.3. The molecule has 5 atom stereocenters. The number of pyridine rings is 1. The van der Waals surface area contributed by atoms with E-state index in [4.69, 9.17) is 4.74 Å². The van der Waals surface area contributed by atoms with Crippen LogP contribution in [-0.2, 0) is 11.8 Å². The summed E-state index contributed by atoms with van der Waals surface area (Å²) in [6.07, 6.45) is 7.10. The molecule has 2 aliphatic carbocycles. The second-order valence-electron chi connectivity index (χ2n) is 10.7. The highest BCUT2D eigenvalue weighted by atomic mass is 16.5. The quantitative estimate of drug-likeness (QED) is 0.300. The van der Waals surface area contributed by atoms with E-state index in [1.54, 1.807) is 12.3 Å². The molecule has 1 spiro atoms. The number of aromatic nitrogens is 2. The number of nitrogens with one attached hydrogen (secondary N) is 1. The van der Waals surface area contributed by atoms with E-state index in [1.165, 1.54) is 0 Å². The lowest BCUT2D eigenvalue weighted by Crippen LogP contribution is -2.64. The number of phenols is 1. The Kier molecular flexibility index (Phi) is 3.84. The van der Waals surface area contributed by atoms with Crippen LogP contribution in [0, 0.1) is 5.92 Å². The summed E-state index contributed by atoms with van der Waals surface area (Å²) in [5.74, 6) is 0.808. The molecule has 36 heavy (non-hydrogen) atoms. The van der Waals surface area contributed by atoms with Gasteiger partial charge >= 0.3 is 0 Å². The van der Waals surface area contributed by atoms with Crippen molar-refractivity contribution in [2.75, 3.05) is 13.6 Å². The number of carbonyl (C=O) groups is 1. The number of para-hydroxylation sites is 1. The van der Waals surface area contributed by atoms with Crippen molar-refractivity contribution in [1.82, 2.24) is 14.9 Å². The summed E-state index contributed by atoms with van der Waals surface area (Å²) < 4.78 is 6.39. The fourth-order valence-electron chi connectivity index (χ4n) is 7.73. The number of benzene rings is 2. The number of H-pyrrole nitrogens is 1. The van der Waals surface area contributed by atoms with Gasteiger partial charge in [-0.3, -0.25) is 9.78 Å². The molecule has 3 N–H and O–H groups in total. The Bertz CT molecular complexity index is 1660. The van der Waals surface area contributed by atoms with Gasteiger partial charge in [-0.2, -0.15) is 0 Å². The number of aldehydes is 1. The molecule has 180 valence electrons. The molecule has 4 aromatic rings. The maximum atomic E-state index is 11.9. The normalized spacial score (nSPS) is 29.9. The Morgan fingerprint density at radius 2 is 2.11 bits per heavy atom. The Labute approximate surface area is 207 Å². The van der Waals surface area contributed by atoms with Crippen LogP contribution in [0.4, 0.5) is 0 Å². The summed E-state index contributed by atoms with van der Waals surface area (Å²) in [6, 6.07) is 10.0. The third-order valence-electron chi connectivity index (χ3n) is 9.24. The minimum atomic E-state index is -0.722. The first-order valence-corrected chi connectivity index (χ1v) is 12.5. The number of aromatic hydroxyl groups is 1. The number of aromatic amines is 1. The van der Waals surface area contributed by atoms with Crippen LogP contribution in [0.15, 0.2) is 48.7 Å². The van der Waals surface area contributed by atoms with E-state index in [0.29, 0.717) is 17.0 Å². The third-order valence-corrected chi connectivity index (χ3v) is 9.24. The molecule has 2 aliphatic heterocycles. The minimum Gasteiger partial charge on any atom is -0.504 e. The molecule has 0 saturated carbocycles. The number of rotatable bonds is 2. The Morgan fingerprint density at radius 1 is 1.25 bits per heavy atom. The molecule has 0 unspecified atom stereocenters. The molecule has 0 amide bonds. The minimum absolute atomic E-state index is 0.0864. The first kappa shape index (κ1) is 20.5. The Hall–Kier alpha value is -3.68. The number of nitrogens with zero attached hydrogens (tertiary/aromatic N) is 2. The fourth-order valence-corrected chi connectivity index (χ4v) is 7.73. The molecule has 1 fully saturated rings. The van der Waals surface area contributed by atoms with Gasteiger partial charge in [-0.15, -0.1) is 0 Å². The molecular formula is C29H25N3O4. The van der Waals surface area contributed by atoms with Gasteiger partial charge in [0.1, 0.15) is 17.9 Å². The summed E-state index contributed by atoms with van der Waals surface area (Å²) >= 11 is 0. The second-order valence-corrected chi connectivity index (χ2v) is 10.7. The van der Waals surface area contributed by atoms with Gasteiger partial charge in [0.15, 0.2) is 17.8 Å². The smallest absolute Gasteiger partial charge is 0.170 e. The zero-order valence-corrected chi connectivity index (χ0v) is 19.7. The number of piperidine rings is 1. The summed E-state index contributed by atoms with van der Waals surface area (Å²) in [7, 11) is 2.17. The Morgan fingerprint density at radius 3 is 2.97 bits per heavy atom. The SMILES string of the molecule is CN1CC[C@]23c4c5c(-c6cnc(C=O)c7[nH]c8ccccc8c67)cc(O)c4O[C@H]2[C@@H](O)C=C[C@H]3[C@H]1C5. The average Bonchev–Trinajstić information content (AvgIpc) is 3.45. The maximum absolute atomic E-state index is 11.9. The molecule has 0 radical (unpaired) electrons. The number of likely N-dealkylation sites (N-methyl/N-ethyl adjacent to an activating group) is 1. The number of phenolic OH excluding ortho intramolecular Hbond substituents is 1. The lowest BCUT2D eigenvalue weighted by atomic mass is 9.53. The van der Waals surface area contributed by atoms with Gasteiger partial charge in [0.25, 0.3) is 0 Å². The van der Waals surface area contributed by atoms with Crippen molar-refractivity contribution in [3.63, 3.8) is 0 Å². The average molecular weight is 480 g/mol. The standard InChI is InChI=1S/C29H25N3O4/c1-32-9-8-29-18-6-7-22(34)28(29)36-27-23(35)11-15(16(25(27)29)10-21(18)32)17-12-30-20(13-33)26-24(17)14-4-2-3-5-19(14)31-26/h2-7,11-13,18,21-22,28,31,34-35H,8-10H2,1H3/t18-,21+,22-,28-,29-/m0/s1. The number of aliphatic hydroxyl groups is 1. The van der Waals surface area contributed by atoms with Crippen molar-refractivity contribution >= 4 is 28.1 Å². The van der Waals surface area contributed by atoms with Gasteiger partial charge in [0, 0.05) is 51.0 Å². The lowest BCUT2D eigenvalue weighted by molar-refractivity contribution is -0.0452. The van der Waals surface area contributed by atoms with Gasteiger partial charge in [0.2, 0.25) is 0 Å². The Balaban J connectivity index is 1.48.